The standard InChI is InChI=1S/C22H13N3O2/c23-13-15-5-7-16(8-6-15)17-9-11-18(12-10-17)27-22(26)21-14-24-19-3-1-2-4-20(19)25-21/h1-12,14H. The minimum absolute atomic E-state index is 0.157. The van der Waals surface area contributed by atoms with Crippen LogP contribution in [0.4, 0.5) is 0 Å². The number of nitrogens with zero attached hydrogens (tertiary/aromatic N) is 3. The Morgan fingerprint density at radius 1 is 0.852 bits per heavy atom. The van der Waals surface area contributed by atoms with Crippen molar-refractivity contribution in [3.05, 3.63) is 90.3 Å². The SMILES string of the molecule is N#Cc1ccc(-c2ccc(OC(=O)c3cnc4ccccc4n3)cc2)cc1. The third kappa shape index (κ3) is 3.51. The molecule has 0 unspecified atom stereocenters. The highest BCUT2D eigenvalue weighted by Gasteiger charge is 2.12. The van der Waals surface area contributed by atoms with Gasteiger partial charge < -0.3 is 4.74 Å². The van der Waals surface area contributed by atoms with Gasteiger partial charge in [0, 0.05) is 0 Å². The predicted octanol–water partition coefficient (Wildman–Crippen LogP) is 4.39. The lowest BCUT2D eigenvalue weighted by molar-refractivity contribution is 0.0728. The maximum Gasteiger partial charge on any atom is 0.363 e. The van der Waals surface area contributed by atoms with Gasteiger partial charge in [0.2, 0.25) is 0 Å². The Labute approximate surface area is 155 Å². The topological polar surface area (TPSA) is 75.9 Å². The molecule has 0 saturated carbocycles. The zero-order valence-electron chi connectivity index (χ0n) is 14.2. The van der Waals surface area contributed by atoms with E-state index in [0.29, 0.717) is 16.8 Å². The molecule has 0 aliphatic carbocycles. The Bertz CT molecular complexity index is 1160. The summed E-state index contributed by atoms with van der Waals surface area (Å²) in [7, 11) is 0. The van der Waals surface area contributed by atoms with Crippen molar-refractivity contribution in [2.75, 3.05) is 0 Å². The minimum atomic E-state index is -0.556. The Hall–Kier alpha value is -4.04. The molecule has 0 bridgehead atoms. The molecule has 0 saturated heterocycles. The minimum Gasteiger partial charge on any atom is -0.422 e. The Kier molecular flexibility index (Phi) is 4.30. The summed E-state index contributed by atoms with van der Waals surface area (Å²) in [6.45, 7) is 0. The lowest BCUT2D eigenvalue weighted by atomic mass is 10.0. The highest BCUT2D eigenvalue weighted by molar-refractivity contribution is 5.91. The molecule has 0 radical (unpaired) electrons. The Balaban J connectivity index is 1.51. The van der Waals surface area contributed by atoms with Gasteiger partial charge in [-0.3, -0.25) is 4.98 Å². The van der Waals surface area contributed by atoms with E-state index in [1.54, 1.807) is 30.3 Å². The van der Waals surface area contributed by atoms with Crippen LogP contribution in [0.3, 0.4) is 0 Å². The third-order valence-electron chi connectivity index (χ3n) is 4.07. The van der Waals surface area contributed by atoms with E-state index in [1.165, 1.54) is 6.20 Å². The maximum absolute atomic E-state index is 12.3. The van der Waals surface area contributed by atoms with Crippen LogP contribution >= 0.6 is 0 Å². The van der Waals surface area contributed by atoms with E-state index in [0.717, 1.165) is 16.6 Å². The summed E-state index contributed by atoms with van der Waals surface area (Å²) >= 11 is 0. The molecule has 3 aromatic carbocycles. The molecular weight excluding hydrogens is 338 g/mol. The zero-order valence-corrected chi connectivity index (χ0v) is 14.2. The van der Waals surface area contributed by atoms with Gasteiger partial charge >= 0.3 is 5.97 Å². The van der Waals surface area contributed by atoms with Gasteiger partial charge in [0.25, 0.3) is 0 Å². The summed E-state index contributed by atoms with van der Waals surface area (Å²) in [4.78, 5) is 20.8. The van der Waals surface area contributed by atoms with E-state index in [9.17, 15) is 4.79 Å². The largest absolute Gasteiger partial charge is 0.422 e. The summed E-state index contributed by atoms with van der Waals surface area (Å²) in [6.07, 6.45) is 1.41. The molecule has 128 valence electrons. The van der Waals surface area contributed by atoms with Crippen molar-refractivity contribution >= 4 is 17.0 Å². The maximum atomic E-state index is 12.3. The molecule has 0 atom stereocenters. The van der Waals surface area contributed by atoms with Crippen molar-refractivity contribution in [3.8, 4) is 22.9 Å². The number of aromatic nitrogens is 2. The van der Waals surface area contributed by atoms with Gasteiger partial charge in [-0.25, -0.2) is 9.78 Å². The van der Waals surface area contributed by atoms with Gasteiger partial charge in [-0.15, -0.1) is 0 Å². The lowest BCUT2D eigenvalue weighted by Crippen LogP contribution is -2.11. The predicted molar refractivity (Wildman–Crippen MR) is 101 cm³/mol. The second-order valence-electron chi connectivity index (χ2n) is 5.85. The number of nitriles is 1. The zero-order chi connectivity index (χ0) is 18.6. The lowest BCUT2D eigenvalue weighted by Gasteiger charge is -2.06. The fourth-order valence-corrected chi connectivity index (χ4v) is 2.67. The molecule has 5 heteroatoms. The van der Waals surface area contributed by atoms with Crippen LogP contribution < -0.4 is 4.74 Å². The molecule has 0 aliphatic heterocycles. The molecule has 4 rings (SSSR count). The summed E-state index contributed by atoms with van der Waals surface area (Å²) in [5.41, 5.74) is 4.08. The molecule has 4 aromatic rings. The monoisotopic (exact) mass is 351 g/mol. The van der Waals surface area contributed by atoms with Gasteiger partial charge in [-0.1, -0.05) is 36.4 Å². The third-order valence-corrected chi connectivity index (χ3v) is 4.07. The van der Waals surface area contributed by atoms with E-state index in [-0.39, 0.29) is 5.69 Å². The number of carbonyl (C=O) groups is 1. The van der Waals surface area contributed by atoms with Crippen molar-refractivity contribution in [2.45, 2.75) is 0 Å². The molecule has 0 spiro atoms. The molecule has 0 N–H and O–H groups in total. The van der Waals surface area contributed by atoms with Gasteiger partial charge in [0.15, 0.2) is 5.69 Å². The smallest absolute Gasteiger partial charge is 0.363 e. The fraction of sp³-hybridized carbons (Fsp3) is 0. The van der Waals surface area contributed by atoms with Crippen LogP contribution in [0.15, 0.2) is 79.0 Å². The molecule has 0 amide bonds. The second kappa shape index (κ2) is 7.06. The molecule has 27 heavy (non-hydrogen) atoms. The molecule has 5 nitrogen and oxygen atoms in total. The Morgan fingerprint density at radius 3 is 2.15 bits per heavy atom. The molecular formula is C22H13N3O2. The van der Waals surface area contributed by atoms with Crippen LogP contribution in [0.2, 0.25) is 0 Å². The van der Waals surface area contributed by atoms with Crippen LogP contribution in [0.1, 0.15) is 16.1 Å². The number of fused-ring (bicyclic) bond motifs is 1. The van der Waals surface area contributed by atoms with Gasteiger partial charge in [-0.2, -0.15) is 5.26 Å². The van der Waals surface area contributed by atoms with E-state index in [2.05, 4.69) is 16.0 Å². The van der Waals surface area contributed by atoms with Crippen LogP contribution in [-0.2, 0) is 0 Å². The van der Waals surface area contributed by atoms with Crippen molar-refractivity contribution in [2.24, 2.45) is 0 Å². The number of esters is 1. The molecule has 1 heterocycles. The normalized spacial score (nSPS) is 10.3. The highest BCUT2D eigenvalue weighted by atomic mass is 16.5. The van der Waals surface area contributed by atoms with Gasteiger partial charge in [0.1, 0.15) is 5.75 Å². The molecule has 1 aromatic heterocycles. The van der Waals surface area contributed by atoms with E-state index >= 15 is 0 Å². The Morgan fingerprint density at radius 2 is 1.48 bits per heavy atom. The number of benzene rings is 3. The van der Waals surface area contributed by atoms with Crippen LogP contribution in [-0.4, -0.2) is 15.9 Å². The van der Waals surface area contributed by atoms with Crippen LogP contribution in [0.5, 0.6) is 5.75 Å². The van der Waals surface area contributed by atoms with Gasteiger partial charge in [0.05, 0.1) is 28.9 Å². The summed E-state index contributed by atoms with van der Waals surface area (Å²) in [5, 5.41) is 8.86. The first kappa shape index (κ1) is 16.4. The average molecular weight is 351 g/mol. The van der Waals surface area contributed by atoms with Crippen molar-refractivity contribution in [1.29, 1.82) is 5.26 Å². The number of hydrogen-bond donors (Lipinski definition) is 0. The summed E-state index contributed by atoms with van der Waals surface area (Å²) in [5.74, 6) is -0.133. The fourth-order valence-electron chi connectivity index (χ4n) is 2.67. The average Bonchev–Trinajstić information content (AvgIpc) is 2.74. The number of para-hydroxylation sites is 2. The number of hydrogen-bond acceptors (Lipinski definition) is 5. The summed E-state index contributed by atoms with van der Waals surface area (Å²) in [6, 6.07) is 23.9. The molecule has 0 aliphatic rings. The molecule has 0 fully saturated rings. The van der Waals surface area contributed by atoms with Gasteiger partial charge in [-0.05, 0) is 47.5 Å². The first-order valence-electron chi connectivity index (χ1n) is 8.27. The summed E-state index contributed by atoms with van der Waals surface area (Å²) < 4.78 is 5.39. The van der Waals surface area contributed by atoms with Crippen LogP contribution in [0, 0.1) is 11.3 Å². The van der Waals surface area contributed by atoms with Crippen molar-refractivity contribution in [1.82, 2.24) is 9.97 Å². The quantitative estimate of drug-likeness (QED) is 0.404. The van der Waals surface area contributed by atoms with Crippen molar-refractivity contribution in [3.63, 3.8) is 0 Å². The first-order chi connectivity index (χ1) is 13.2. The van der Waals surface area contributed by atoms with E-state index < -0.39 is 5.97 Å². The van der Waals surface area contributed by atoms with Crippen LogP contribution in [0.25, 0.3) is 22.2 Å². The first-order valence-corrected chi connectivity index (χ1v) is 8.27. The number of carbonyl (C=O) groups excluding carboxylic acids is 1. The highest BCUT2D eigenvalue weighted by Crippen LogP contribution is 2.23. The van der Waals surface area contributed by atoms with E-state index in [1.807, 2.05) is 42.5 Å². The number of rotatable bonds is 3. The van der Waals surface area contributed by atoms with E-state index in [4.69, 9.17) is 10.00 Å². The second-order valence-corrected chi connectivity index (χ2v) is 5.85. The number of ether oxygens (including phenoxy) is 1. The van der Waals surface area contributed by atoms with Crippen molar-refractivity contribution < 1.29 is 9.53 Å².